The van der Waals surface area contributed by atoms with E-state index in [0.717, 1.165) is 0 Å². The van der Waals surface area contributed by atoms with E-state index in [0.29, 0.717) is 12.2 Å². The third-order valence-corrected chi connectivity index (χ3v) is 4.14. The van der Waals surface area contributed by atoms with Gasteiger partial charge in [-0.2, -0.15) is 0 Å². The molecular formula is C13H16N2O3S. The summed E-state index contributed by atoms with van der Waals surface area (Å²) >= 11 is 0. The van der Waals surface area contributed by atoms with Gasteiger partial charge in [0.1, 0.15) is 0 Å². The molecular weight excluding hydrogens is 264 g/mol. The number of anilines is 1. The minimum atomic E-state index is -3.21. The summed E-state index contributed by atoms with van der Waals surface area (Å²) in [6.45, 7) is 2.02. The first kappa shape index (κ1) is 15.2. The molecule has 1 aromatic rings. The highest BCUT2D eigenvalue weighted by Crippen LogP contribution is 2.15. The molecule has 5 nitrogen and oxygen atoms in total. The molecule has 0 aliphatic heterocycles. The predicted molar refractivity (Wildman–Crippen MR) is 74.5 cm³/mol. The summed E-state index contributed by atoms with van der Waals surface area (Å²) in [5, 5.41) is 5.39. The van der Waals surface area contributed by atoms with E-state index in [1.54, 1.807) is 19.1 Å². The Morgan fingerprint density at radius 2 is 1.95 bits per heavy atom. The van der Waals surface area contributed by atoms with Gasteiger partial charge in [0.05, 0.1) is 23.7 Å². The van der Waals surface area contributed by atoms with E-state index in [9.17, 15) is 13.2 Å². The fourth-order valence-electron chi connectivity index (χ4n) is 1.37. The molecule has 0 fully saturated rings. The second kappa shape index (κ2) is 6.92. The average molecular weight is 280 g/mol. The number of hydrogen-bond donors (Lipinski definition) is 2. The molecule has 0 bridgehead atoms. The Bertz CT molecular complexity index is 571. The Labute approximate surface area is 113 Å². The van der Waals surface area contributed by atoms with Gasteiger partial charge in [-0.05, 0) is 24.3 Å². The molecule has 0 aromatic heterocycles. The summed E-state index contributed by atoms with van der Waals surface area (Å²) in [7, 11) is -3.21. The summed E-state index contributed by atoms with van der Waals surface area (Å²) in [5.74, 6) is 2.18. The molecule has 0 saturated heterocycles. The first-order valence-electron chi connectivity index (χ1n) is 5.76. The van der Waals surface area contributed by atoms with Crippen molar-refractivity contribution in [1.29, 1.82) is 0 Å². The highest BCUT2D eigenvalue weighted by molar-refractivity contribution is 7.91. The van der Waals surface area contributed by atoms with Crippen molar-refractivity contribution in [2.45, 2.75) is 11.8 Å². The van der Waals surface area contributed by atoms with Crippen LogP contribution < -0.4 is 10.6 Å². The zero-order chi connectivity index (χ0) is 14.3. The second-order valence-corrected chi connectivity index (χ2v) is 6.06. The normalized spacial score (nSPS) is 10.7. The molecule has 0 aliphatic rings. The van der Waals surface area contributed by atoms with Crippen molar-refractivity contribution in [3.05, 3.63) is 24.3 Å². The highest BCUT2D eigenvalue weighted by Gasteiger charge is 2.11. The Hall–Kier alpha value is -1.84. The van der Waals surface area contributed by atoms with Crippen LogP contribution in [0.1, 0.15) is 6.92 Å². The van der Waals surface area contributed by atoms with Crippen LogP contribution in [0.15, 0.2) is 29.2 Å². The number of carbonyl (C=O) groups excluding carboxylic acids is 1. The molecule has 0 radical (unpaired) electrons. The maximum atomic E-state index is 11.6. The smallest absolute Gasteiger partial charge is 0.238 e. The predicted octanol–water partition coefficient (Wildman–Crippen LogP) is 0.641. The molecule has 0 unspecified atom stereocenters. The quantitative estimate of drug-likeness (QED) is 0.592. The molecule has 0 atom stereocenters. The monoisotopic (exact) mass is 280 g/mol. The van der Waals surface area contributed by atoms with Crippen LogP contribution >= 0.6 is 0 Å². The molecule has 6 heteroatoms. The van der Waals surface area contributed by atoms with Gasteiger partial charge in [0.2, 0.25) is 5.91 Å². The van der Waals surface area contributed by atoms with Crippen LogP contribution in [0.5, 0.6) is 0 Å². The number of terminal acetylenes is 1. The molecule has 1 amide bonds. The fourth-order valence-corrected chi connectivity index (χ4v) is 2.25. The zero-order valence-corrected chi connectivity index (χ0v) is 11.5. The lowest BCUT2D eigenvalue weighted by atomic mass is 10.3. The Morgan fingerprint density at radius 1 is 1.32 bits per heavy atom. The largest absolute Gasteiger partial charge is 0.325 e. The summed E-state index contributed by atoms with van der Waals surface area (Å²) in [6, 6.07) is 6.07. The van der Waals surface area contributed by atoms with Gasteiger partial charge < -0.3 is 5.32 Å². The van der Waals surface area contributed by atoms with E-state index in [1.807, 2.05) is 0 Å². The number of nitrogens with one attached hydrogen (secondary N) is 2. The van der Waals surface area contributed by atoms with Crippen molar-refractivity contribution in [3.63, 3.8) is 0 Å². The number of rotatable bonds is 6. The molecule has 0 spiro atoms. The standard InChI is InChI=1S/C13H16N2O3S/c1-3-9-14-10-13(16)15-11-5-7-12(8-6-11)19(17,18)4-2/h1,5-8,14H,4,9-10H2,2H3,(H,15,16). The van der Waals surface area contributed by atoms with Crippen molar-refractivity contribution < 1.29 is 13.2 Å². The van der Waals surface area contributed by atoms with Gasteiger partial charge >= 0.3 is 0 Å². The lowest BCUT2D eigenvalue weighted by molar-refractivity contribution is -0.115. The third kappa shape index (κ3) is 4.73. The Balaban J connectivity index is 2.63. The van der Waals surface area contributed by atoms with Gasteiger partial charge in [-0.3, -0.25) is 10.1 Å². The molecule has 2 N–H and O–H groups in total. The molecule has 19 heavy (non-hydrogen) atoms. The number of hydrogen-bond acceptors (Lipinski definition) is 4. The van der Waals surface area contributed by atoms with Crippen LogP contribution in [-0.2, 0) is 14.6 Å². The lowest BCUT2D eigenvalue weighted by Gasteiger charge is -2.06. The molecule has 0 aliphatic carbocycles. The highest BCUT2D eigenvalue weighted by atomic mass is 32.2. The topological polar surface area (TPSA) is 75.3 Å². The Kier molecular flexibility index (Phi) is 5.55. The van der Waals surface area contributed by atoms with Crippen LogP contribution in [0.3, 0.4) is 0 Å². The average Bonchev–Trinajstić information content (AvgIpc) is 2.39. The minimum absolute atomic E-state index is 0.0503. The fraction of sp³-hybridized carbons (Fsp3) is 0.308. The lowest BCUT2D eigenvalue weighted by Crippen LogP contribution is -2.28. The Morgan fingerprint density at radius 3 is 2.47 bits per heavy atom. The van der Waals surface area contributed by atoms with Crippen molar-refractivity contribution in [3.8, 4) is 12.3 Å². The summed E-state index contributed by atoms with van der Waals surface area (Å²) in [4.78, 5) is 11.7. The number of carbonyl (C=O) groups is 1. The van der Waals surface area contributed by atoms with E-state index in [1.165, 1.54) is 12.1 Å². The molecule has 0 heterocycles. The van der Waals surface area contributed by atoms with Gasteiger partial charge in [0.15, 0.2) is 9.84 Å². The molecule has 0 saturated carbocycles. The van der Waals surface area contributed by atoms with Gasteiger partial charge in [-0.15, -0.1) is 6.42 Å². The molecule has 1 rings (SSSR count). The molecule has 1 aromatic carbocycles. The number of benzene rings is 1. The third-order valence-electron chi connectivity index (χ3n) is 2.39. The maximum Gasteiger partial charge on any atom is 0.238 e. The minimum Gasteiger partial charge on any atom is -0.325 e. The van der Waals surface area contributed by atoms with Crippen molar-refractivity contribution in [2.24, 2.45) is 0 Å². The molecule has 102 valence electrons. The van der Waals surface area contributed by atoms with Crippen molar-refractivity contribution in [2.75, 3.05) is 24.2 Å². The van der Waals surface area contributed by atoms with E-state index in [2.05, 4.69) is 16.6 Å². The van der Waals surface area contributed by atoms with Gasteiger partial charge in [0, 0.05) is 5.69 Å². The summed E-state index contributed by atoms with van der Waals surface area (Å²) in [5.41, 5.74) is 0.544. The van der Waals surface area contributed by atoms with Crippen LogP contribution in [0.4, 0.5) is 5.69 Å². The number of amides is 1. The van der Waals surface area contributed by atoms with E-state index in [-0.39, 0.29) is 23.1 Å². The van der Waals surface area contributed by atoms with E-state index in [4.69, 9.17) is 6.42 Å². The maximum absolute atomic E-state index is 11.6. The second-order valence-electron chi connectivity index (χ2n) is 3.78. The summed E-state index contributed by atoms with van der Waals surface area (Å²) < 4.78 is 23.2. The van der Waals surface area contributed by atoms with Gasteiger partial charge in [0.25, 0.3) is 0 Å². The van der Waals surface area contributed by atoms with Gasteiger partial charge in [-0.25, -0.2) is 8.42 Å². The zero-order valence-electron chi connectivity index (χ0n) is 10.6. The summed E-state index contributed by atoms with van der Waals surface area (Å²) in [6.07, 6.45) is 5.04. The first-order valence-corrected chi connectivity index (χ1v) is 7.41. The van der Waals surface area contributed by atoms with Crippen molar-refractivity contribution >= 4 is 21.4 Å². The first-order chi connectivity index (χ1) is 8.99. The van der Waals surface area contributed by atoms with E-state index >= 15 is 0 Å². The SMILES string of the molecule is C#CCNCC(=O)Nc1ccc(S(=O)(=O)CC)cc1. The van der Waals surface area contributed by atoms with Crippen LogP contribution in [0.2, 0.25) is 0 Å². The van der Waals surface area contributed by atoms with Crippen molar-refractivity contribution in [1.82, 2.24) is 5.32 Å². The van der Waals surface area contributed by atoms with E-state index < -0.39 is 9.84 Å². The van der Waals surface area contributed by atoms with Crippen LogP contribution in [0.25, 0.3) is 0 Å². The van der Waals surface area contributed by atoms with Gasteiger partial charge in [-0.1, -0.05) is 12.8 Å². The number of sulfone groups is 1. The van der Waals surface area contributed by atoms with Crippen LogP contribution in [-0.4, -0.2) is 33.2 Å². The van der Waals surface area contributed by atoms with Crippen LogP contribution in [0, 0.1) is 12.3 Å².